The van der Waals surface area contributed by atoms with E-state index in [1.807, 2.05) is 0 Å². The summed E-state index contributed by atoms with van der Waals surface area (Å²) >= 11 is 0. The predicted molar refractivity (Wildman–Crippen MR) is 58.5 cm³/mol. The highest BCUT2D eigenvalue weighted by Gasteiger charge is 2.08. The Morgan fingerprint density at radius 3 is 2.44 bits per heavy atom. The second kappa shape index (κ2) is 5.70. The first-order valence-electron chi connectivity index (χ1n) is 4.62. The second-order valence-corrected chi connectivity index (χ2v) is 2.92. The molecule has 0 atom stereocenters. The molecule has 1 aromatic carbocycles. The monoisotopic (exact) mass is 220 g/mol. The largest absolute Gasteiger partial charge is 0.496 e. The number of benzene rings is 1. The molecule has 0 amide bonds. The zero-order valence-electron chi connectivity index (χ0n) is 9.10. The third kappa shape index (κ3) is 2.95. The summed E-state index contributed by atoms with van der Waals surface area (Å²) in [6.07, 6.45) is 2.23. The lowest BCUT2D eigenvalue weighted by molar-refractivity contribution is -0.134. The molecular formula is C12H12O4. The van der Waals surface area contributed by atoms with Crippen LogP contribution in [0.15, 0.2) is 36.4 Å². The number of esters is 1. The van der Waals surface area contributed by atoms with Crippen LogP contribution in [0.4, 0.5) is 0 Å². The number of hydrogen-bond acceptors (Lipinski definition) is 4. The van der Waals surface area contributed by atoms with Gasteiger partial charge in [0.2, 0.25) is 0 Å². The van der Waals surface area contributed by atoms with Crippen LogP contribution in [0.25, 0.3) is 0 Å². The van der Waals surface area contributed by atoms with Crippen LogP contribution in [-0.4, -0.2) is 26.0 Å². The van der Waals surface area contributed by atoms with Crippen molar-refractivity contribution in [1.82, 2.24) is 0 Å². The highest BCUT2D eigenvalue weighted by atomic mass is 16.5. The van der Waals surface area contributed by atoms with Gasteiger partial charge in [0.1, 0.15) is 5.75 Å². The summed E-state index contributed by atoms with van der Waals surface area (Å²) in [6, 6.07) is 6.80. The Balaban J connectivity index is 2.88. The van der Waals surface area contributed by atoms with E-state index in [4.69, 9.17) is 4.74 Å². The normalized spacial score (nSPS) is 10.1. The van der Waals surface area contributed by atoms with Crippen molar-refractivity contribution in [3.05, 3.63) is 42.0 Å². The molecule has 0 radical (unpaired) electrons. The molecule has 0 aliphatic heterocycles. The SMILES string of the molecule is COC(=O)/C=C/C(=O)c1ccccc1OC. The quantitative estimate of drug-likeness (QED) is 0.439. The Morgan fingerprint density at radius 2 is 1.81 bits per heavy atom. The van der Waals surface area contributed by atoms with Gasteiger partial charge in [0.05, 0.1) is 19.8 Å². The van der Waals surface area contributed by atoms with E-state index in [1.54, 1.807) is 24.3 Å². The molecule has 0 fully saturated rings. The van der Waals surface area contributed by atoms with Gasteiger partial charge in [-0.15, -0.1) is 0 Å². The summed E-state index contributed by atoms with van der Waals surface area (Å²) in [5.74, 6) is -0.395. The molecule has 0 unspecified atom stereocenters. The van der Waals surface area contributed by atoms with Crippen molar-refractivity contribution in [1.29, 1.82) is 0 Å². The van der Waals surface area contributed by atoms with E-state index in [-0.39, 0.29) is 5.78 Å². The summed E-state index contributed by atoms with van der Waals surface area (Å²) in [4.78, 5) is 22.5. The molecule has 0 aromatic heterocycles. The minimum atomic E-state index is -0.566. The van der Waals surface area contributed by atoms with Crippen LogP contribution in [0.2, 0.25) is 0 Å². The fourth-order valence-electron chi connectivity index (χ4n) is 1.15. The Hall–Kier alpha value is -2.10. The van der Waals surface area contributed by atoms with Crippen LogP contribution in [0, 0.1) is 0 Å². The lowest BCUT2D eigenvalue weighted by Crippen LogP contribution is -2.01. The van der Waals surface area contributed by atoms with Gasteiger partial charge in [-0.3, -0.25) is 4.79 Å². The predicted octanol–water partition coefficient (Wildman–Crippen LogP) is 1.61. The molecule has 16 heavy (non-hydrogen) atoms. The van der Waals surface area contributed by atoms with Crippen molar-refractivity contribution in [2.45, 2.75) is 0 Å². The van der Waals surface area contributed by atoms with Crippen molar-refractivity contribution >= 4 is 11.8 Å². The van der Waals surface area contributed by atoms with Crippen LogP contribution in [-0.2, 0) is 9.53 Å². The number of para-hydroxylation sites is 1. The standard InChI is InChI=1S/C12H12O4/c1-15-11-6-4-3-5-9(11)10(13)7-8-12(14)16-2/h3-8H,1-2H3/b8-7+. The molecule has 0 aliphatic carbocycles. The van der Waals surface area contributed by atoms with E-state index in [9.17, 15) is 9.59 Å². The maximum Gasteiger partial charge on any atom is 0.330 e. The fourth-order valence-corrected chi connectivity index (χ4v) is 1.15. The van der Waals surface area contributed by atoms with Crippen molar-refractivity contribution in [3.8, 4) is 5.75 Å². The highest BCUT2D eigenvalue weighted by Crippen LogP contribution is 2.17. The number of hydrogen-bond donors (Lipinski definition) is 0. The third-order valence-corrected chi connectivity index (χ3v) is 1.94. The van der Waals surface area contributed by atoms with E-state index in [0.29, 0.717) is 11.3 Å². The van der Waals surface area contributed by atoms with Crippen molar-refractivity contribution < 1.29 is 19.1 Å². The molecule has 0 bridgehead atoms. The number of ether oxygens (including phenoxy) is 2. The zero-order chi connectivity index (χ0) is 12.0. The maximum absolute atomic E-state index is 11.7. The number of carbonyl (C=O) groups is 2. The summed E-state index contributed by atoms with van der Waals surface area (Å²) in [7, 11) is 2.73. The number of methoxy groups -OCH3 is 2. The lowest BCUT2D eigenvalue weighted by atomic mass is 10.1. The Kier molecular flexibility index (Phi) is 4.27. The molecule has 0 spiro atoms. The van der Waals surface area contributed by atoms with Gasteiger partial charge in [-0.2, -0.15) is 0 Å². The van der Waals surface area contributed by atoms with Gasteiger partial charge >= 0.3 is 5.97 Å². The van der Waals surface area contributed by atoms with Crippen molar-refractivity contribution in [2.75, 3.05) is 14.2 Å². The highest BCUT2D eigenvalue weighted by molar-refractivity contribution is 6.08. The maximum atomic E-state index is 11.7. The van der Waals surface area contributed by atoms with Gasteiger partial charge in [0, 0.05) is 6.08 Å². The molecule has 1 aromatic rings. The van der Waals surface area contributed by atoms with Gasteiger partial charge in [-0.1, -0.05) is 12.1 Å². The first kappa shape index (κ1) is 12.0. The number of ketones is 1. The average molecular weight is 220 g/mol. The Bertz CT molecular complexity index is 421. The number of rotatable bonds is 4. The van der Waals surface area contributed by atoms with Gasteiger partial charge in [0.15, 0.2) is 5.78 Å². The van der Waals surface area contributed by atoms with Crippen LogP contribution in [0.1, 0.15) is 10.4 Å². The smallest absolute Gasteiger partial charge is 0.330 e. The Labute approximate surface area is 93.5 Å². The van der Waals surface area contributed by atoms with Crippen molar-refractivity contribution in [2.24, 2.45) is 0 Å². The van der Waals surface area contributed by atoms with Crippen molar-refractivity contribution in [3.63, 3.8) is 0 Å². The summed E-state index contributed by atoms with van der Waals surface area (Å²) in [6.45, 7) is 0. The second-order valence-electron chi connectivity index (χ2n) is 2.92. The molecular weight excluding hydrogens is 208 g/mol. The van der Waals surface area contributed by atoms with Gasteiger partial charge < -0.3 is 9.47 Å². The zero-order valence-corrected chi connectivity index (χ0v) is 9.10. The minimum Gasteiger partial charge on any atom is -0.496 e. The first-order valence-corrected chi connectivity index (χ1v) is 4.62. The molecule has 4 nitrogen and oxygen atoms in total. The van der Waals surface area contributed by atoms with Crippen LogP contribution < -0.4 is 4.74 Å². The minimum absolute atomic E-state index is 0.303. The van der Waals surface area contributed by atoms with Crippen LogP contribution in [0.5, 0.6) is 5.75 Å². The molecule has 1 rings (SSSR count). The van der Waals surface area contributed by atoms with Gasteiger partial charge in [-0.25, -0.2) is 4.79 Å². The molecule has 0 saturated heterocycles. The van der Waals surface area contributed by atoms with Crippen LogP contribution in [0.3, 0.4) is 0 Å². The third-order valence-electron chi connectivity index (χ3n) is 1.94. The lowest BCUT2D eigenvalue weighted by Gasteiger charge is -2.03. The topological polar surface area (TPSA) is 52.6 Å². The molecule has 0 heterocycles. The van der Waals surface area contributed by atoms with E-state index in [2.05, 4.69) is 4.74 Å². The molecule has 84 valence electrons. The molecule has 0 saturated carbocycles. The van der Waals surface area contributed by atoms with E-state index in [0.717, 1.165) is 12.2 Å². The van der Waals surface area contributed by atoms with E-state index < -0.39 is 5.97 Å². The summed E-state index contributed by atoms with van der Waals surface area (Å²) in [5.41, 5.74) is 0.408. The summed E-state index contributed by atoms with van der Waals surface area (Å²) < 4.78 is 9.41. The van der Waals surface area contributed by atoms with E-state index >= 15 is 0 Å². The van der Waals surface area contributed by atoms with Crippen LogP contribution >= 0.6 is 0 Å². The van der Waals surface area contributed by atoms with Gasteiger partial charge in [-0.05, 0) is 18.2 Å². The number of carbonyl (C=O) groups excluding carboxylic acids is 2. The van der Waals surface area contributed by atoms with E-state index in [1.165, 1.54) is 14.2 Å². The first-order chi connectivity index (χ1) is 7.69. The fraction of sp³-hybridized carbons (Fsp3) is 0.167. The molecule has 0 N–H and O–H groups in total. The Morgan fingerprint density at radius 1 is 1.12 bits per heavy atom. The number of allylic oxidation sites excluding steroid dienone is 1. The molecule has 4 heteroatoms. The summed E-state index contributed by atoms with van der Waals surface area (Å²) in [5, 5.41) is 0. The van der Waals surface area contributed by atoms with Gasteiger partial charge in [0.25, 0.3) is 0 Å². The average Bonchev–Trinajstić information content (AvgIpc) is 2.35. The molecule has 0 aliphatic rings.